The van der Waals surface area contributed by atoms with E-state index in [9.17, 15) is 9.59 Å². The van der Waals surface area contributed by atoms with Crippen molar-refractivity contribution in [3.63, 3.8) is 0 Å². The van der Waals surface area contributed by atoms with Gasteiger partial charge in [-0.3, -0.25) is 14.5 Å². The van der Waals surface area contributed by atoms with Crippen molar-refractivity contribution in [2.75, 3.05) is 33.3 Å². The fourth-order valence-electron chi connectivity index (χ4n) is 1.54. The van der Waals surface area contributed by atoms with Crippen molar-refractivity contribution in [2.24, 2.45) is 0 Å². The first kappa shape index (κ1) is 16.1. The number of nitrogens with one attached hydrogen (secondary N) is 1. The van der Waals surface area contributed by atoms with Crippen molar-refractivity contribution in [3.8, 4) is 0 Å². The van der Waals surface area contributed by atoms with Crippen LogP contribution in [0.25, 0.3) is 0 Å². The molecule has 1 amide bonds. The predicted octanol–water partition coefficient (Wildman–Crippen LogP) is 0.336. The Bertz CT molecular complexity index is 422. The van der Waals surface area contributed by atoms with Gasteiger partial charge in [-0.1, -0.05) is 30.3 Å². The summed E-state index contributed by atoms with van der Waals surface area (Å²) in [6.07, 6.45) is 0. The minimum atomic E-state index is -1.05. The summed E-state index contributed by atoms with van der Waals surface area (Å²) in [7, 11) is 1.78. The van der Waals surface area contributed by atoms with E-state index in [4.69, 9.17) is 9.84 Å². The van der Waals surface area contributed by atoms with Gasteiger partial charge in [0.2, 0.25) is 5.91 Å². The molecule has 1 aromatic rings. The third-order valence-corrected chi connectivity index (χ3v) is 2.58. The fraction of sp³-hybridized carbons (Fsp3) is 0.429. The number of aliphatic carboxylic acids is 1. The minimum absolute atomic E-state index is 0.155. The standard InChI is InChI=1S/C14H20N2O4/c1-16(10-13(17)15-9-14(18)19)7-8-20-11-12-5-3-2-4-6-12/h2-6H,7-11H2,1H3,(H,15,17)(H,18,19). The van der Waals surface area contributed by atoms with Crippen LogP contribution in [0.4, 0.5) is 0 Å². The highest BCUT2D eigenvalue weighted by Crippen LogP contribution is 2.00. The van der Waals surface area contributed by atoms with E-state index in [1.54, 1.807) is 11.9 Å². The summed E-state index contributed by atoms with van der Waals surface area (Å²) < 4.78 is 5.50. The van der Waals surface area contributed by atoms with Gasteiger partial charge in [0.25, 0.3) is 0 Å². The molecule has 0 atom stereocenters. The lowest BCUT2D eigenvalue weighted by molar-refractivity contribution is -0.138. The Labute approximate surface area is 118 Å². The number of carbonyl (C=O) groups excluding carboxylic acids is 1. The van der Waals surface area contributed by atoms with Crippen LogP contribution in [0, 0.1) is 0 Å². The largest absolute Gasteiger partial charge is 0.480 e. The molecule has 0 heterocycles. The quantitative estimate of drug-likeness (QED) is 0.638. The van der Waals surface area contributed by atoms with Gasteiger partial charge < -0.3 is 15.2 Å². The van der Waals surface area contributed by atoms with Crippen LogP contribution in [0.2, 0.25) is 0 Å². The zero-order valence-electron chi connectivity index (χ0n) is 11.5. The second kappa shape index (κ2) is 9.06. The van der Waals surface area contributed by atoms with E-state index in [0.717, 1.165) is 5.56 Å². The Hall–Kier alpha value is -1.92. The maximum Gasteiger partial charge on any atom is 0.322 e. The molecule has 1 rings (SSSR count). The zero-order chi connectivity index (χ0) is 14.8. The molecule has 0 saturated heterocycles. The molecule has 0 unspecified atom stereocenters. The van der Waals surface area contributed by atoms with E-state index >= 15 is 0 Å². The highest BCUT2D eigenvalue weighted by atomic mass is 16.5. The number of nitrogens with zero attached hydrogens (tertiary/aromatic N) is 1. The molecular weight excluding hydrogens is 260 g/mol. The first-order chi connectivity index (χ1) is 9.58. The van der Waals surface area contributed by atoms with E-state index < -0.39 is 5.97 Å². The van der Waals surface area contributed by atoms with Crippen molar-refractivity contribution in [1.82, 2.24) is 10.2 Å². The molecule has 0 aliphatic heterocycles. The summed E-state index contributed by atoms with van der Waals surface area (Å²) in [5.74, 6) is -1.36. The average molecular weight is 280 g/mol. The molecule has 0 bridgehead atoms. The molecule has 110 valence electrons. The van der Waals surface area contributed by atoms with Gasteiger partial charge in [-0.05, 0) is 12.6 Å². The van der Waals surface area contributed by atoms with Crippen molar-refractivity contribution >= 4 is 11.9 Å². The monoisotopic (exact) mass is 280 g/mol. The van der Waals surface area contributed by atoms with Crippen LogP contribution in [-0.2, 0) is 20.9 Å². The van der Waals surface area contributed by atoms with Gasteiger partial charge in [0.1, 0.15) is 6.54 Å². The lowest BCUT2D eigenvalue weighted by atomic mass is 10.2. The molecule has 1 aromatic carbocycles. The van der Waals surface area contributed by atoms with Gasteiger partial charge in [-0.25, -0.2) is 0 Å². The van der Waals surface area contributed by atoms with Crippen molar-refractivity contribution in [1.29, 1.82) is 0 Å². The number of ether oxygens (including phenoxy) is 1. The lowest BCUT2D eigenvalue weighted by Crippen LogP contribution is -2.38. The number of carboxylic acid groups (broad SMARTS) is 1. The fourth-order valence-corrected chi connectivity index (χ4v) is 1.54. The number of likely N-dealkylation sites (N-methyl/N-ethyl adjacent to an activating group) is 1. The number of benzene rings is 1. The Morgan fingerprint density at radius 1 is 1.30 bits per heavy atom. The molecule has 0 aliphatic rings. The summed E-state index contributed by atoms with van der Waals surface area (Å²) in [5.41, 5.74) is 1.11. The average Bonchev–Trinajstić information content (AvgIpc) is 2.42. The number of carboxylic acids is 1. The third-order valence-electron chi connectivity index (χ3n) is 2.58. The van der Waals surface area contributed by atoms with Crippen LogP contribution in [0.5, 0.6) is 0 Å². The van der Waals surface area contributed by atoms with Crippen LogP contribution >= 0.6 is 0 Å². The van der Waals surface area contributed by atoms with Gasteiger partial charge in [0.15, 0.2) is 0 Å². The van der Waals surface area contributed by atoms with E-state index in [1.165, 1.54) is 0 Å². The molecule has 20 heavy (non-hydrogen) atoms. The molecule has 0 aliphatic carbocycles. The summed E-state index contributed by atoms with van der Waals surface area (Å²) >= 11 is 0. The van der Waals surface area contributed by atoms with E-state index in [0.29, 0.717) is 19.8 Å². The molecule has 0 spiro atoms. The maximum absolute atomic E-state index is 11.4. The molecule has 6 heteroatoms. The number of amides is 1. The van der Waals surface area contributed by atoms with Crippen molar-refractivity contribution < 1.29 is 19.4 Å². The maximum atomic E-state index is 11.4. The molecule has 0 aromatic heterocycles. The first-order valence-electron chi connectivity index (χ1n) is 6.36. The molecular formula is C14H20N2O4. The number of hydrogen-bond donors (Lipinski definition) is 2. The van der Waals surface area contributed by atoms with Gasteiger partial charge >= 0.3 is 5.97 Å². The van der Waals surface area contributed by atoms with Gasteiger partial charge in [-0.15, -0.1) is 0 Å². The third kappa shape index (κ3) is 7.50. The minimum Gasteiger partial charge on any atom is -0.480 e. The molecule has 0 saturated carbocycles. The van der Waals surface area contributed by atoms with Crippen molar-refractivity contribution in [2.45, 2.75) is 6.61 Å². The van der Waals surface area contributed by atoms with E-state index in [1.807, 2.05) is 30.3 Å². The summed E-state index contributed by atoms with van der Waals surface area (Å²) in [5, 5.41) is 10.7. The van der Waals surface area contributed by atoms with E-state index in [-0.39, 0.29) is 19.0 Å². The smallest absolute Gasteiger partial charge is 0.322 e. The van der Waals surface area contributed by atoms with E-state index in [2.05, 4.69) is 5.32 Å². The van der Waals surface area contributed by atoms with Crippen LogP contribution < -0.4 is 5.32 Å². The SMILES string of the molecule is CN(CCOCc1ccccc1)CC(=O)NCC(=O)O. The topological polar surface area (TPSA) is 78.9 Å². The van der Waals surface area contributed by atoms with Gasteiger partial charge in [0, 0.05) is 6.54 Å². The molecule has 2 N–H and O–H groups in total. The van der Waals surface area contributed by atoms with Crippen LogP contribution in [0.1, 0.15) is 5.56 Å². The molecule has 6 nitrogen and oxygen atoms in total. The Morgan fingerprint density at radius 3 is 2.65 bits per heavy atom. The number of rotatable bonds is 9. The summed E-state index contributed by atoms with van der Waals surface area (Å²) in [4.78, 5) is 23.4. The highest BCUT2D eigenvalue weighted by Gasteiger charge is 2.07. The second-order valence-electron chi connectivity index (χ2n) is 4.45. The number of hydrogen-bond acceptors (Lipinski definition) is 4. The zero-order valence-corrected chi connectivity index (χ0v) is 11.5. The molecule has 0 fully saturated rings. The highest BCUT2D eigenvalue weighted by molar-refractivity contribution is 5.82. The summed E-state index contributed by atoms with van der Waals surface area (Å²) in [6, 6.07) is 9.84. The van der Waals surface area contributed by atoms with Crippen LogP contribution in [0.3, 0.4) is 0 Å². The van der Waals surface area contributed by atoms with Crippen molar-refractivity contribution in [3.05, 3.63) is 35.9 Å². The normalized spacial score (nSPS) is 10.5. The Morgan fingerprint density at radius 2 is 2.00 bits per heavy atom. The second-order valence-corrected chi connectivity index (χ2v) is 4.45. The predicted molar refractivity (Wildman–Crippen MR) is 74.2 cm³/mol. The Balaban J connectivity index is 2.09. The summed E-state index contributed by atoms with van der Waals surface area (Å²) in [6.45, 7) is 1.46. The first-order valence-corrected chi connectivity index (χ1v) is 6.36. The van der Waals surface area contributed by atoms with Gasteiger partial charge in [0.05, 0.1) is 19.8 Å². The molecule has 0 radical (unpaired) electrons. The number of carbonyl (C=O) groups is 2. The Kier molecular flexibility index (Phi) is 7.31. The van der Waals surface area contributed by atoms with Crippen LogP contribution in [-0.4, -0.2) is 55.2 Å². The van der Waals surface area contributed by atoms with Gasteiger partial charge in [-0.2, -0.15) is 0 Å². The lowest BCUT2D eigenvalue weighted by Gasteiger charge is -2.15. The van der Waals surface area contributed by atoms with Crippen LogP contribution in [0.15, 0.2) is 30.3 Å².